The quantitative estimate of drug-likeness (QED) is 0.0653. The molecule has 0 saturated carbocycles. The second-order valence-electron chi connectivity index (χ2n) is 10.3. The van der Waals surface area contributed by atoms with Gasteiger partial charge in [-0.05, 0) is 27.2 Å². The number of amides is 1. The minimum atomic E-state index is -2.04. The summed E-state index contributed by atoms with van der Waals surface area (Å²) in [5.41, 5.74) is -1.20. The molecule has 0 aromatic rings. The molecule has 0 radical (unpaired) electrons. The van der Waals surface area contributed by atoms with E-state index in [0.29, 0.717) is 6.61 Å². The molecule has 1 aliphatic rings. The second kappa shape index (κ2) is 17.6. The minimum absolute atomic E-state index is 0.0985. The van der Waals surface area contributed by atoms with Crippen LogP contribution in [0.5, 0.6) is 0 Å². The number of rotatable bonds is 19. The van der Waals surface area contributed by atoms with Crippen molar-refractivity contribution in [3.05, 3.63) is 0 Å². The van der Waals surface area contributed by atoms with Crippen LogP contribution in [0.15, 0.2) is 0 Å². The van der Waals surface area contributed by atoms with Gasteiger partial charge in [0.1, 0.15) is 42.2 Å². The first-order valence-corrected chi connectivity index (χ1v) is 13.3. The minimum Gasteiger partial charge on any atom is -0.394 e. The molecule has 1 aliphatic heterocycles. The first kappa shape index (κ1) is 36.7. The summed E-state index contributed by atoms with van der Waals surface area (Å²) in [5, 5.41) is 81.8. The molecule has 1 heterocycles. The topological polar surface area (TPSA) is 245 Å². The van der Waals surface area contributed by atoms with Gasteiger partial charge >= 0.3 is 0 Å². The van der Waals surface area contributed by atoms with Crippen molar-refractivity contribution in [2.75, 3.05) is 46.2 Å². The number of carbonyl (C=O) groups excluding carboxylic acids is 2. The van der Waals surface area contributed by atoms with Gasteiger partial charge in [-0.3, -0.25) is 9.59 Å². The van der Waals surface area contributed by atoms with Crippen LogP contribution in [0.2, 0.25) is 0 Å². The Morgan fingerprint density at radius 3 is 2.20 bits per heavy atom. The number of Topliss-reactive ketones (excluding diaryl/α,β-unsaturated/α-hetero) is 1. The van der Waals surface area contributed by atoms with Crippen LogP contribution in [0.1, 0.15) is 34.1 Å². The molecule has 0 aliphatic carbocycles. The molecule has 0 aromatic carbocycles. The molecule has 0 bridgehead atoms. The average Bonchev–Trinajstić information content (AvgIpc) is 2.94. The van der Waals surface area contributed by atoms with Crippen molar-refractivity contribution in [1.82, 2.24) is 5.32 Å². The highest BCUT2D eigenvalue weighted by atomic mass is 16.6. The summed E-state index contributed by atoms with van der Waals surface area (Å²) in [4.78, 5) is 24.9. The molecular formula is C25H47NO14. The highest BCUT2D eigenvalue weighted by Crippen LogP contribution is 2.22. The van der Waals surface area contributed by atoms with Crippen LogP contribution < -0.4 is 5.32 Å². The molecule has 40 heavy (non-hydrogen) atoms. The van der Waals surface area contributed by atoms with Crippen molar-refractivity contribution in [3.63, 3.8) is 0 Å². The Morgan fingerprint density at radius 1 is 1.00 bits per heavy atom. The van der Waals surface area contributed by atoms with E-state index in [1.54, 1.807) is 20.8 Å². The van der Waals surface area contributed by atoms with Crippen LogP contribution in [0.3, 0.4) is 0 Å². The zero-order valence-electron chi connectivity index (χ0n) is 23.5. The monoisotopic (exact) mass is 585 g/mol. The van der Waals surface area contributed by atoms with E-state index in [1.807, 2.05) is 6.92 Å². The molecule has 10 atom stereocenters. The maximum Gasteiger partial charge on any atom is 0.251 e. The maximum atomic E-state index is 12.5. The van der Waals surface area contributed by atoms with Crippen molar-refractivity contribution in [2.24, 2.45) is 5.92 Å². The van der Waals surface area contributed by atoms with E-state index < -0.39 is 98.8 Å². The van der Waals surface area contributed by atoms with Gasteiger partial charge in [-0.1, -0.05) is 6.92 Å². The molecular weight excluding hydrogens is 538 g/mol. The van der Waals surface area contributed by atoms with Gasteiger partial charge in [0.05, 0.1) is 45.2 Å². The van der Waals surface area contributed by atoms with Crippen molar-refractivity contribution < 1.29 is 69.4 Å². The third kappa shape index (κ3) is 10.5. The number of aliphatic hydroxyl groups is 8. The maximum absolute atomic E-state index is 12.5. The van der Waals surface area contributed by atoms with E-state index in [4.69, 9.17) is 18.9 Å². The molecule has 0 aromatic heterocycles. The zero-order chi connectivity index (χ0) is 30.6. The van der Waals surface area contributed by atoms with Gasteiger partial charge in [-0.15, -0.1) is 0 Å². The van der Waals surface area contributed by atoms with Crippen molar-refractivity contribution in [3.8, 4) is 0 Å². The van der Waals surface area contributed by atoms with Crippen molar-refractivity contribution in [2.45, 2.75) is 94.7 Å². The Hall–Kier alpha value is -1.34. The Bertz CT molecular complexity index is 753. The third-order valence-corrected chi connectivity index (χ3v) is 6.69. The Balaban J connectivity index is 2.62. The molecule has 15 nitrogen and oxygen atoms in total. The number of hydrogen-bond donors (Lipinski definition) is 9. The Morgan fingerprint density at radius 2 is 1.62 bits per heavy atom. The van der Waals surface area contributed by atoms with Crippen LogP contribution in [-0.2, 0) is 28.5 Å². The summed E-state index contributed by atoms with van der Waals surface area (Å²) >= 11 is 0. The van der Waals surface area contributed by atoms with Gasteiger partial charge < -0.3 is 65.1 Å². The number of ether oxygens (including phenoxy) is 4. The number of ketones is 1. The molecule has 7 unspecified atom stereocenters. The van der Waals surface area contributed by atoms with E-state index in [9.17, 15) is 50.4 Å². The van der Waals surface area contributed by atoms with Crippen LogP contribution in [-0.4, -0.2) is 159 Å². The van der Waals surface area contributed by atoms with Crippen molar-refractivity contribution >= 4 is 11.7 Å². The number of aliphatic hydroxyl groups excluding tert-OH is 8. The Kier molecular flexibility index (Phi) is 16.1. The number of nitrogens with one attached hydrogen (secondary N) is 1. The number of carbonyl (C=O) groups is 2. The highest BCUT2D eigenvalue weighted by Gasteiger charge is 2.44. The summed E-state index contributed by atoms with van der Waals surface area (Å²) in [6, 6.07) is 0. The summed E-state index contributed by atoms with van der Waals surface area (Å²) in [5.74, 6) is -2.66. The fourth-order valence-electron chi connectivity index (χ4n) is 4.11. The molecule has 1 saturated heterocycles. The fraction of sp³-hybridized carbons (Fsp3) is 0.920. The molecule has 1 rings (SSSR count). The first-order chi connectivity index (χ1) is 18.7. The molecule has 1 fully saturated rings. The van der Waals surface area contributed by atoms with Gasteiger partial charge in [0.25, 0.3) is 5.91 Å². The molecule has 0 spiro atoms. The van der Waals surface area contributed by atoms with E-state index >= 15 is 0 Å². The van der Waals surface area contributed by atoms with Crippen LogP contribution in [0, 0.1) is 5.92 Å². The lowest BCUT2D eigenvalue weighted by Gasteiger charge is -2.40. The van der Waals surface area contributed by atoms with Crippen molar-refractivity contribution in [1.29, 1.82) is 0 Å². The first-order valence-electron chi connectivity index (χ1n) is 13.3. The zero-order valence-corrected chi connectivity index (χ0v) is 23.5. The van der Waals surface area contributed by atoms with Crippen LogP contribution in [0.25, 0.3) is 0 Å². The van der Waals surface area contributed by atoms with E-state index in [1.165, 1.54) is 0 Å². The van der Waals surface area contributed by atoms with E-state index in [-0.39, 0.29) is 18.9 Å². The van der Waals surface area contributed by atoms with E-state index in [0.717, 1.165) is 6.42 Å². The molecule has 1 amide bonds. The van der Waals surface area contributed by atoms with Gasteiger partial charge in [0.15, 0.2) is 11.9 Å². The third-order valence-electron chi connectivity index (χ3n) is 6.69. The largest absolute Gasteiger partial charge is 0.394 e. The molecule has 15 heteroatoms. The summed E-state index contributed by atoms with van der Waals surface area (Å²) in [7, 11) is 0. The molecule has 236 valence electrons. The summed E-state index contributed by atoms with van der Waals surface area (Å²) in [6.45, 7) is 4.45. The average molecular weight is 586 g/mol. The summed E-state index contributed by atoms with van der Waals surface area (Å²) in [6.07, 6.45) is -12.6. The predicted octanol–water partition coefficient (Wildman–Crippen LogP) is -4.17. The lowest BCUT2D eigenvalue weighted by molar-refractivity contribution is -0.240. The second-order valence-corrected chi connectivity index (χ2v) is 10.3. The smallest absolute Gasteiger partial charge is 0.251 e. The normalized spacial score (nSPS) is 27.4. The number of hydrogen-bond acceptors (Lipinski definition) is 14. The van der Waals surface area contributed by atoms with Crippen LogP contribution >= 0.6 is 0 Å². The lowest BCUT2D eigenvalue weighted by Crippen LogP contribution is -2.59. The standard InChI is InChI=1S/C25H47NO14/c1-5-7-38-13(2)23(35)25(3,4)39-8-6-26-24(36)22(34)18(30)14(15(29)9-27)11-37-12-17-20(32)21(33)19(31)16(10-28)40-17/h13-22,27-34H,5-12H2,1-4H3,(H,26,36)/t13?,14-,15?,16?,17-,18?,19+,20?,21?,22?/m1/s1. The fourth-order valence-corrected chi connectivity index (χ4v) is 4.11. The predicted molar refractivity (Wildman–Crippen MR) is 137 cm³/mol. The Labute approximate surface area is 233 Å². The molecule has 9 N–H and O–H groups in total. The van der Waals surface area contributed by atoms with Gasteiger partial charge in [-0.25, -0.2) is 0 Å². The van der Waals surface area contributed by atoms with Gasteiger partial charge in [-0.2, -0.15) is 0 Å². The van der Waals surface area contributed by atoms with Crippen LogP contribution in [0.4, 0.5) is 0 Å². The van der Waals surface area contributed by atoms with Gasteiger partial charge in [0.2, 0.25) is 0 Å². The summed E-state index contributed by atoms with van der Waals surface area (Å²) < 4.78 is 21.7. The SMILES string of the molecule is CCCOC(C)C(=O)C(C)(C)OCCNC(=O)C(O)C(O)[C@H](COC[C@H]1OC(CO)[C@H](O)C(O)C1O)C(O)CO. The van der Waals surface area contributed by atoms with Gasteiger partial charge in [0, 0.05) is 19.1 Å². The lowest BCUT2D eigenvalue weighted by atomic mass is 9.92. The van der Waals surface area contributed by atoms with E-state index in [2.05, 4.69) is 5.32 Å². The highest BCUT2D eigenvalue weighted by molar-refractivity contribution is 5.90.